The van der Waals surface area contributed by atoms with Gasteiger partial charge < -0.3 is 0 Å². The number of rotatable bonds is 7. The largest absolute Gasteiger partial charge is 0.157 e. The van der Waals surface area contributed by atoms with Gasteiger partial charge in [-0.05, 0) is 6.42 Å². The first-order chi connectivity index (χ1) is 9.74. The molecule has 0 aliphatic carbocycles. The smallest absolute Gasteiger partial charge is 0.0832 e. The summed E-state index contributed by atoms with van der Waals surface area (Å²) in [6, 6.07) is 0. The minimum absolute atomic E-state index is 0.150. The molecule has 21 heavy (non-hydrogen) atoms. The van der Waals surface area contributed by atoms with Gasteiger partial charge in [0.1, 0.15) is 0 Å². The van der Waals surface area contributed by atoms with Gasteiger partial charge in [-0.25, -0.2) is 0 Å². The second-order valence-electron chi connectivity index (χ2n) is 4.93. The molecule has 1 rings (SSSR count). The van der Waals surface area contributed by atoms with Crippen LogP contribution in [0.2, 0.25) is 25.1 Å². The summed E-state index contributed by atoms with van der Waals surface area (Å²) >= 11 is 39.9. The normalized spacial score (nSPS) is 12.0. The first-order valence-electron chi connectivity index (χ1n) is 6.70. The van der Waals surface area contributed by atoms with Gasteiger partial charge in [0.15, 0.2) is 0 Å². The minimum Gasteiger partial charge on any atom is -0.157 e. The molecule has 0 N–H and O–H groups in total. The molecule has 0 atom stereocenters. The van der Waals surface area contributed by atoms with E-state index in [9.17, 15) is 0 Å². The van der Waals surface area contributed by atoms with Gasteiger partial charge in [0.05, 0.1) is 29.2 Å². The summed E-state index contributed by atoms with van der Waals surface area (Å²) in [5, 5.41) is 1.03. The van der Waals surface area contributed by atoms with E-state index in [1.165, 1.54) is 19.3 Å². The average molecular weight is 427 g/mol. The van der Waals surface area contributed by atoms with Gasteiger partial charge in [0.2, 0.25) is 0 Å². The van der Waals surface area contributed by atoms with E-state index in [4.69, 9.17) is 58.0 Å². The number of halogens is 5. The van der Waals surface area contributed by atoms with Crippen molar-refractivity contribution in [3.05, 3.63) is 30.7 Å². The molecule has 1 aromatic rings. The van der Waals surface area contributed by atoms with Crippen LogP contribution in [-0.4, -0.2) is 0 Å². The van der Waals surface area contributed by atoms with Crippen LogP contribution in [0.5, 0.6) is 0 Å². The molecule has 0 radical (unpaired) electrons. The summed E-state index contributed by atoms with van der Waals surface area (Å²) in [5.74, 6) is 0. The van der Waals surface area contributed by atoms with Gasteiger partial charge in [-0.15, -0.1) is 0 Å². The molecule has 0 amide bonds. The van der Waals surface area contributed by atoms with Crippen LogP contribution in [0.4, 0.5) is 0 Å². The number of hydrogen-bond acceptors (Lipinski definition) is 2. The molecule has 0 bridgehead atoms. The fourth-order valence-corrected chi connectivity index (χ4v) is 4.54. The topological polar surface area (TPSA) is 0 Å². The van der Waals surface area contributed by atoms with Crippen molar-refractivity contribution < 1.29 is 0 Å². The van der Waals surface area contributed by atoms with Crippen molar-refractivity contribution >= 4 is 83.3 Å². The summed E-state index contributed by atoms with van der Waals surface area (Å²) in [4.78, 5) is 0. The van der Waals surface area contributed by atoms with E-state index in [-0.39, 0.29) is 25.1 Å². The van der Waals surface area contributed by atoms with Crippen LogP contribution in [-0.2, 0) is 4.08 Å². The van der Waals surface area contributed by atoms with E-state index in [0.29, 0.717) is 12.0 Å². The summed E-state index contributed by atoms with van der Waals surface area (Å²) in [6.07, 6.45) is 6.41. The molecule has 0 unspecified atom stereocenters. The van der Waals surface area contributed by atoms with E-state index >= 15 is 0 Å². The molecule has 7 heteroatoms. The maximum absolute atomic E-state index is 6.27. The Morgan fingerprint density at radius 1 is 0.714 bits per heavy atom. The zero-order valence-electron chi connectivity index (χ0n) is 11.5. The van der Waals surface area contributed by atoms with E-state index in [0.717, 1.165) is 12.8 Å². The van der Waals surface area contributed by atoms with E-state index < -0.39 is 4.08 Å². The quantitative estimate of drug-likeness (QED) is 0.141. The highest BCUT2D eigenvalue weighted by Crippen LogP contribution is 2.52. The fraction of sp³-hybridized carbons (Fsp3) is 0.571. The molecule has 0 aliphatic heterocycles. The van der Waals surface area contributed by atoms with E-state index in [2.05, 4.69) is 32.2 Å². The van der Waals surface area contributed by atoms with Crippen molar-refractivity contribution in [2.75, 3.05) is 0 Å². The fourth-order valence-electron chi connectivity index (χ4n) is 2.06. The van der Waals surface area contributed by atoms with Gasteiger partial charge in [-0.1, -0.05) is 97.0 Å². The molecule has 1 aromatic carbocycles. The van der Waals surface area contributed by atoms with E-state index in [1.54, 1.807) is 0 Å². The third-order valence-corrected chi connectivity index (χ3v) is 6.41. The van der Waals surface area contributed by atoms with Crippen molar-refractivity contribution in [3.63, 3.8) is 0 Å². The first kappa shape index (κ1) is 20.4. The Labute approximate surface area is 162 Å². The lowest BCUT2D eigenvalue weighted by Crippen LogP contribution is -2.13. The lowest BCUT2D eigenvalue weighted by molar-refractivity contribution is 0.593. The minimum atomic E-state index is -0.807. The lowest BCUT2D eigenvalue weighted by Gasteiger charge is -2.27. The molecule has 0 saturated carbocycles. The summed E-state index contributed by atoms with van der Waals surface area (Å²) in [6.45, 7) is 2.18. The molecular weight excluding hydrogens is 410 g/mol. The predicted molar refractivity (Wildman–Crippen MR) is 105 cm³/mol. The van der Waals surface area contributed by atoms with Crippen molar-refractivity contribution in [2.45, 2.75) is 49.5 Å². The monoisotopic (exact) mass is 424 g/mol. The number of benzene rings is 1. The van der Waals surface area contributed by atoms with Crippen LogP contribution < -0.4 is 0 Å². The Morgan fingerprint density at radius 3 is 1.62 bits per heavy atom. The third-order valence-electron chi connectivity index (χ3n) is 3.24. The van der Waals surface area contributed by atoms with Crippen LogP contribution in [0.1, 0.15) is 51.0 Å². The summed E-state index contributed by atoms with van der Waals surface area (Å²) < 4.78 is -0.807. The molecule has 0 aromatic heterocycles. The third kappa shape index (κ3) is 5.17. The second kappa shape index (κ2) is 9.01. The Bertz CT molecular complexity index is 474. The van der Waals surface area contributed by atoms with E-state index in [1.807, 2.05) is 0 Å². The van der Waals surface area contributed by atoms with Crippen molar-refractivity contribution in [1.29, 1.82) is 0 Å². The Hall–Kier alpha value is 1.37. The van der Waals surface area contributed by atoms with Crippen LogP contribution >= 0.6 is 83.3 Å². The molecule has 120 valence electrons. The standard InChI is InChI=1S/C14H17Cl5S2/c1-2-3-4-5-6-7-14(20,21)8-9(15)11(17)13(19)12(18)10(8)16/h20-21H,2-7H2,1H3. The molecule has 0 nitrogen and oxygen atoms in total. The zero-order valence-corrected chi connectivity index (χ0v) is 17.1. The summed E-state index contributed by atoms with van der Waals surface area (Å²) in [5.41, 5.74) is 0.521. The summed E-state index contributed by atoms with van der Waals surface area (Å²) in [7, 11) is 0. The number of thiol groups is 2. The highest BCUT2D eigenvalue weighted by molar-refractivity contribution is 7.99. The van der Waals surface area contributed by atoms with Crippen LogP contribution in [0.3, 0.4) is 0 Å². The molecule has 0 spiro atoms. The van der Waals surface area contributed by atoms with Gasteiger partial charge in [-0.3, -0.25) is 0 Å². The van der Waals surface area contributed by atoms with Crippen LogP contribution in [0.25, 0.3) is 0 Å². The van der Waals surface area contributed by atoms with Gasteiger partial charge in [0, 0.05) is 5.56 Å². The van der Waals surface area contributed by atoms with Crippen molar-refractivity contribution in [3.8, 4) is 0 Å². The Kier molecular flexibility index (Phi) is 8.76. The maximum atomic E-state index is 6.27. The van der Waals surface area contributed by atoms with Gasteiger partial charge in [0.25, 0.3) is 0 Å². The first-order valence-corrected chi connectivity index (χ1v) is 9.49. The number of unbranched alkanes of at least 4 members (excludes halogenated alkanes) is 4. The number of hydrogen-bond donors (Lipinski definition) is 2. The average Bonchev–Trinajstić information content (AvgIpc) is 2.42. The molecule has 0 aliphatic rings. The highest BCUT2D eigenvalue weighted by atomic mass is 35.5. The van der Waals surface area contributed by atoms with Gasteiger partial charge in [-0.2, -0.15) is 25.3 Å². The van der Waals surface area contributed by atoms with Crippen LogP contribution in [0.15, 0.2) is 0 Å². The SMILES string of the molecule is CCCCCCCC(S)(S)c1c(Cl)c(Cl)c(Cl)c(Cl)c1Cl. The van der Waals surface area contributed by atoms with Crippen molar-refractivity contribution in [2.24, 2.45) is 0 Å². The molecule has 0 saturated heterocycles. The second-order valence-corrected chi connectivity index (χ2v) is 8.70. The highest BCUT2D eigenvalue weighted by Gasteiger charge is 2.32. The van der Waals surface area contributed by atoms with Crippen LogP contribution in [0, 0.1) is 0 Å². The molecular formula is C14H17Cl5S2. The zero-order chi connectivity index (χ0) is 16.2. The van der Waals surface area contributed by atoms with Gasteiger partial charge >= 0.3 is 0 Å². The lowest BCUT2D eigenvalue weighted by atomic mass is 10.0. The predicted octanol–water partition coefficient (Wildman–Crippen LogP) is 8.33. The maximum Gasteiger partial charge on any atom is 0.0832 e. The Morgan fingerprint density at radius 2 is 1.14 bits per heavy atom. The Balaban J connectivity index is 2.98. The molecule has 0 fully saturated rings. The molecule has 0 heterocycles. The van der Waals surface area contributed by atoms with Crippen molar-refractivity contribution in [1.82, 2.24) is 0 Å².